The Kier molecular flexibility index (Phi) is 1.34. The molecule has 0 saturated heterocycles. The van der Waals surface area contributed by atoms with Gasteiger partial charge in [0.25, 0.3) is 0 Å². The van der Waals surface area contributed by atoms with Gasteiger partial charge in [-0.25, -0.2) is 0 Å². The van der Waals surface area contributed by atoms with E-state index in [1.165, 1.54) is 0 Å². The van der Waals surface area contributed by atoms with Gasteiger partial charge in [-0.15, -0.1) is 23.2 Å². The SMILES string of the molecule is ClC1=C(Cl)[C@@]2(Cl)C[C@]1(Cl)[C@H]1C[C@H]12. The van der Waals surface area contributed by atoms with Gasteiger partial charge in [-0.3, -0.25) is 0 Å². The first-order valence-corrected chi connectivity index (χ1v) is 5.45. The summed E-state index contributed by atoms with van der Waals surface area (Å²) in [7, 11) is 0. The van der Waals surface area contributed by atoms with Crippen LogP contribution in [0, 0.1) is 11.8 Å². The van der Waals surface area contributed by atoms with Crippen LogP contribution < -0.4 is 0 Å². The van der Waals surface area contributed by atoms with E-state index < -0.39 is 9.75 Å². The fraction of sp³-hybridized carbons (Fsp3) is 0.750. The summed E-state index contributed by atoms with van der Waals surface area (Å²) in [6.45, 7) is 0. The average molecular weight is 244 g/mol. The first-order chi connectivity index (χ1) is 5.50. The van der Waals surface area contributed by atoms with Gasteiger partial charge in [0.1, 0.15) is 0 Å². The van der Waals surface area contributed by atoms with E-state index in [1.807, 2.05) is 0 Å². The molecule has 12 heavy (non-hydrogen) atoms. The number of halogens is 4. The Bertz CT molecular complexity index is 282. The van der Waals surface area contributed by atoms with Crippen LogP contribution >= 0.6 is 46.4 Å². The number of hydrogen-bond acceptors (Lipinski definition) is 0. The average Bonchev–Trinajstić information content (AvgIpc) is 2.72. The minimum Gasteiger partial charge on any atom is -0.113 e. The zero-order valence-corrected chi connectivity index (χ0v) is 9.10. The van der Waals surface area contributed by atoms with Gasteiger partial charge in [-0.2, -0.15) is 0 Å². The molecule has 3 rings (SSSR count). The van der Waals surface area contributed by atoms with Crippen LogP contribution in [0.15, 0.2) is 10.1 Å². The lowest BCUT2D eigenvalue weighted by molar-refractivity contribution is 0.618. The molecule has 0 aromatic heterocycles. The Morgan fingerprint density at radius 1 is 1.00 bits per heavy atom. The third kappa shape index (κ3) is 0.639. The Balaban J connectivity index is 2.23. The van der Waals surface area contributed by atoms with Crippen LogP contribution in [0.25, 0.3) is 0 Å². The number of alkyl halides is 2. The standard InChI is InChI=1S/C8H6Cl4/c9-5-6(10)8(12)2-7(5,11)3-1-4(3)8/h3-4H,1-2H2/t3-,4+,7-,8+. The van der Waals surface area contributed by atoms with Crippen molar-refractivity contribution >= 4 is 46.4 Å². The van der Waals surface area contributed by atoms with E-state index >= 15 is 0 Å². The summed E-state index contributed by atoms with van der Waals surface area (Å²) in [6.07, 6.45) is 1.80. The number of fused-ring (bicyclic) bond motifs is 5. The second-order valence-electron chi connectivity index (χ2n) is 3.98. The van der Waals surface area contributed by atoms with Crippen molar-refractivity contribution in [3.63, 3.8) is 0 Å². The fourth-order valence-electron chi connectivity index (χ4n) is 2.69. The number of rotatable bonds is 0. The van der Waals surface area contributed by atoms with Gasteiger partial charge in [0.2, 0.25) is 0 Å². The van der Waals surface area contributed by atoms with Crippen LogP contribution in [0.1, 0.15) is 12.8 Å². The molecule has 2 saturated carbocycles. The van der Waals surface area contributed by atoms with Gasteiger partial charge in [0.05, 0.1) is 19.8 Å². The quantitative estimate of drug-likeness (QED) is 0.570. The second-order valence-corrected chi connectivity index (χ2v) is 6.08. The van der Waals surface area contributed by atoms with E-state index in [-0.39, 0.29) is 0 Å². The molecule has 4 heteroatoms. The lowest BCUT2D eigenvalue weighted by atomic mass is 10.1. The van der Waals surface area contributed by atoms with E-state index in [1.54, 1.807) is 0 Å². The van der Waals surface area contributed by atoms with Crippen molar-refractivity contribution < 1.29 is 0 Å². The summed E-state index contributed by atoms with van der Waals surface area (Å²) >= 11 is 24.8. The molecule has 0 unspecified atom stereocenters. The molecule has 0 heterocycles. The van der Waals surface area contributed by atoms with Crippen LogP contribution in [0.5, 0.6) is 0 Å². The van der Waals surface area contributed by atoms with Crippen LogP contribution in [0.3, 0.4) is 0 Å². The lowest BCUT2D eigenvalue weighted by Crippen LogP contribution is -2.20. The largest absolute Gasteiger partial charge is 0.113 e. The number of hydrogen-bond donors (Lipinski definition) is 0. The van der Waals surface area contributed by atoms with E-state index in [4.69, 9.17) is 46.4 Å². The van der Waals surface area contributed by atoms with Gasteiger partial charge in [0, 0.05) is 0 Å². The molecule has 0 nitrogen and oxygen atoms in total. The van der Waals surface area contributed by atoms with E-state index in [0.29, 0.717) is 21.9 Å². The van der Waals surface area contributed by atoms with Crippen LogP contribution in [-0.2, 0) is 0 Å². The predicted molar refractivity (Wildman–Crippen MR) is 52.1 cm³/mol. The van der Waals surface area contributed by atoms with Crippen molar-refractivity contribution in [1.29, 1.82) is 0 Å². The maximum Gasteiger partial charge on any atom is 0.0865 e. The van der Waals surface area contributed by atoms with E-state index in [2.05, 4.69) is 0 Å². The zero-order valence-electron chi connectivity index (χ0n) is 6.08. The topological polar surface area (TPSA) is 0 Å². The normalized spacial score (nSPS) is 61.0. The molecule has 4 atom stereocenters. The molecule has 0 spiro atoms. The molecule has 3 aliphatic rings. The minimum absolute atomic E-state index is 0.412. The summed E-state index contributed by atoms with van der Waals surface area (Å²) in [4.78, 5) is -0.823. The zero-order chi connectivity index (χ0) is 8.72. The Morgan fingerprint density at radius 3 is 1.75 bits per heavy atom. The molecule has 66 valence electrons. The molecular formula is C8H6Cl4. The number of allylic oxidation sites excluding steroid dienone is 2. The van der Waals surface area contributed by atoms with Gasteiger partial charge < -0.3 is 0 Å². The highest BCUT2D eigenvalue weighted by atomic mass is 35.5. The molecule has 0 amide bonds. The second kappa shape index (κ2) is 1.95. The lowest BCUT2D eigenvalue weighted by Gasteiger charge is -2.19. The van der Waals surface area contributed by atoms with Crippen molar-refractivity contribution in [2.75, 3.05) is 0 Å². The van der Waals surface area contributed by atoms with Crippen LogP contribution in [0.2, 0.25) is 0 Å². The molecule has 2 fully saturated rings. The van der Waals surface area contributed by atoms with Crippen molar-refractivity contribution in [2.24, 2.45) is 11.8 Å². The van der Waals surface area contributed by atoms with Crippen molar-refractivity contribution in [2.45, 2.75) is 22.6 Å². The van der Waals surface area contributed by atoms with Crippen LogP contribution in [0.4, 0.5) is 0 Å². The molecule has 2 bridgehead atoms. The maximum absolute atomic E-state index is 6.37. The molecule has 0 aromatic carbocycles. The summed E-state index contributed by atoms with van der Waals surface area (Å²) in [5.74, 6) is 0.957. The van der Waals surface area contributed by atoms with Gasteiger partial charge in [-0.1, -0.05) is 23.2 Å². The molecular weight excluding hydrogens is 238 g/mol. The summed E-state index contributed by atoms with van der Waals surface area (Å²) in [6, 6.07) is 0. The highest BCUT2D eigenvalue weighted by Gasteiger charge is 2.75. The Morgan fingerprint density at radius 2 is 1.42 bits per heavy atom. The van der Waals surface area contributed by atoms with Crippen molar-refractivity contribution in [3.05, 3.63) is 10.1 Å². The molecule has 0 N–H and O–H groups in total. The van der Waals surface area contributed by atoms with Crippen molar-refractivity contribution in [1.82, 2.24) is 0 Å². The molecule has 0 aliphatic heterocycles. The maximum atomic E-state index is 6.37. The van der Waals surface area contributed by atoms with E-state index in [0.717, 1.165) is 12.8 Å². The van der Waals surface area contributed by atoms with Gasteiger partial charge >= 0.3 is 0 Å². The highest BCUT2D eigenvalue weighted by Crippen LogP contribution is 2.77. The molecule has 3 aliphatic carbocycles. The minimum atomic E-state index is -0.412. The summed E-state index contributed by atoms with van der Waals surface area (Å²) in [5.41, 5.74) is 0. The summed E-state index contributed by atoms with van der Waals surface area (Å²) < 4.78 is 0. The third-order valence-corrected chi connectivity index (χ3v) is 5.95. The monoisotopic (exact) mass is 242 g/mol. The smallest absolute Gasteiger partial charge is 0.0865 e. The Hall–Kier alpha value is 0.900. The van der Waals surface area contributed by atoms with Gasteiger partial charge in [-0.05, 0) is 24.7 Å². The van der Waals surface area contributed by atoms with Gasteiger partial charge in [0.15, 0.2) is 0 Å². The fourth-order valence-corrected chi connectivity index (χ4v) is 4.70. The molecule has 0 radical (unpaired) electrons. The third-order valence-electron chi connectivity index (χ3n) is 3.40. The molecule has 0 aromatic rings. The predicted octanol–water partition coefficient (Wildman–Crippen LogP) is 3.68. The summed E-state index contributed by atoms with van der Waals surface area (Å²) in [5, 5.41) is 1.19. The van der Waals surface area contributed by atoms with E-state index in [9.17, 15) is 0 Å². The first kappa shape index (κ1) is 8.23. The van der Waals surface area contributed by atoms with Crippen LogP contribution in [-0.4, -0.2) is 9.75 Å². The van der Waals surface area contributed by atoms with Crippen molar-refractivity contribution in [3.8, 4) is 0 Å². The highest BCUT2D eigenvalue weighted by molar-refractivity contribution is 6.51. The Labute approximate surface area is 90.8 Å². The first-order valence-electron chi connectivity index (χ1n) is 3.94.